The molecule has 0 bridgehead atoms. The van der Waals surface area contributed by atoms with Gasteiger partial charge in [-0.05, 0) is 38.2 Å². The van der Waals surface area contributed by atoms with E-state index < -0.39 is 0 Å². The molecule has 16 heavy (non-hydrogen) atoms. The zero-order valence-electron chi connectivity index (χ0n) is 10.1. The summed E-state index contributed by atoms with van der Waals surface area (Å²) in [5.41, 5.74) is 8.07. The van der Waals surface area contributed by atoms with Crippen molar-refractivity contribution in [2.24, 2.45) is 5.73 Å². The van der Waals surface area contributed by atoms with Crippen molar-refractivity contribution in [1.82, 2.24) is 14.8 Å². The first-order valence-electron chi connectivity index (χ1n) is 6.05. The summed E-state index contributed by atoms with van der Waals surface area (Å²) < 4.78 is 0. The van der Waals surface area contributed by atoms with Gasteiger partial charge >= 0.3 is 0 Å². The quantitative estimate of drug-likeness (QED) is 0.788. The molecule has 1 aromatic heterocycles. The lowest BCUT2D eigenvalue weighted by Gasteiger charge is -2.19. The molecule has 2 heterocycles. The fourth-order valence-electron chi connectivity index (χ4n) is 2.22. The molecule has 90 valence electrons. The summed E-state index contributed by atoms with van der Waals surface area (Å²) in [4.78, 5) is 8.13. The minimum atomic E-state index is 0.600. The van der Waals surface area contributed by atoms with E-state index in [0.29, 0.717) is 6.54 Å². The number of nitrogens with zero attached hydrogens (tertiary/aromatic N) is 2. The average molecular weight is 222 g/mol. The zero-order valence-corrected chi connectivity index (χ0v) is 10.1. The van der Waals surface area contributed by atoms with Gasteiger partial charge in [-0.3, -0.25) is 4.90 Å². The third-order valence-electron chi connectivity index (χ3n) is 3.24. The maximum absolute atomic E-state index is 5.59. The third kappa shape index (κ3) is 3.07. The molecule has 1 saturated heterocycles. The van der Waals surface area contributed by atoms with Crippen LogP contribution in [-0.2, 0) is 13.1 Å². The standard InChI is InChI=1S/C12H22N4/c1-15-3-2-4-16(6-5-15)10-11-7-12(8-13)14-9-11/h7,9,14H,2-6,8,10,13H2,1H3. The second kappa shape index (κ2) is 5.48. The predicted octanol–water partition coefficient (Wildman–Crippen LogP) is 0.611. The SMILES string of the molecule is CN1CCCN(Cc2c[nH]c(CN)c2)CC1. The summed E-state index contributed by atoms with van der Waals surface area (Å²) in [6, 6.07) is 2.18. The van der Waals surface area contributed by atoms with Crippen molar-refractivity contribution in [3.63, 3.8) is 0 Å². The number of hydrogen-bond acceptors (Lipinski definition) is 3. The van der Waals surface area contributed by atoms with Gasteiger partial charge < -0.3 is 15.6 Å². The summed E-state index contributed by atoms with van der Waals surface area (Å²) in [6.07, 6.45) is 3.35. The van der Waals surface area contributed by atoms with Crippen molar-refractivity contribution in [3.8, 4) is 0 Å². The fourth-order valence-corrected chi connectivity index (χ4v) is 2.22. The Morgan fingerprint density at radius 3 is 2.94 bits per heavy atom. The van der Waals surface area contributed by atoms with E-state index in [1.165, 1.54) is 38.2 Å². The Morgan fingerprint density at radius 1 is 1.31 bits per heavy atom. The highest BCUT2D eigenvalue weighted by Gasteiger charge is 2.12. The Bertz CT molecular complexity index is 321. The van der Waals surface area contributed by atoms with E-state index in [1.54, 1.807) is 0 Å². The van der Waals surface area contributed by atoms with Gasteiger partial charge in [-0.15, -0.1) is 0 Å². The Morgan fingerprint density at radius 2 is 2.19 bits per heavy atom. The zero-order chi connectivity index (χ0) is 11.4. The molecule has 0 amide bonds. The Labute approximate surface area is 97.4 Å². The summed E-state index contributed by atoms with van der Waals surface area (Å²) in [5, 5.41) is 0. The normalized spacial score (nSPS) is 19.9. The molecule has 1 fully saturated rings. The Kier molecular flexibility index (Phi) is 3.98. The monoisotopic (exact) mass is 222 g/mol. The number of aromatic nitrogens is 1. The van der Waals surface area contributed by atoms with Gasteiger partial charge in [0, 0.05) is 38.1 Å². The summed E-state index contributed by atoms with van der Waals surface area (Å²) in [7, 11) is 2.20. The van der Waals surface area contributed by atoms with E-state index in [-0.39, 0.29) is 0 Å². The summed E-state index contributed by atoms with van der Waals surface area (Å²) in [5.74, 6) is 0. The van der Waals surface area contributed by atoms with Gasteiger partial charge in [0.2, 0.25) is 0 Å². The van der Waals surface area contributed by atoms with Crippen LogP contribution < -0.4 is 5.73 Å². The first-order chi connectivity index (χ1) is 7.78. The fraction of sp³-hybridized carbons (Fsp3) is 0.667. The number of H-pyrrole nitrogens is 1. The highest BCUT2D eigenvalue weighted by molar-refractivity contribution is 5.16. The van der Waals surface area contributed by atoms with E-state index in [4.69, 9.17) is 5.73 Å². The molecule has 2 rings (SSSR count). The lowest BCUT2D eigenvalue weighted by Crippen LogP contribution is -2.28. The van der Waals surface area contributed by atoms with Gasteiger partial charge in [0.1, 0.15) is 0 Å². The van der Waals surface area contributed by atoms with Crippen molar-refractivity contribution in [2.45, 2.75) is 19.5 Å². The molecule has 1 aromatic rings. The predicted molar refractivity (Wildman–Crippen MR) is 66.1 cm³/mol. The molecule has 0 unspecified atom stereocenters. The molecule has 4 heteroatoms. The van der Waals surface area contributed by atoms with E-state index in [2.05, 4.69) is 34.1 Å². The first kappa shape index (κ1) is 11.6. The van der Waals surface area contributed by atoms with Crippen LogP contribution >= 0.6 is 0 Å². The van der Waals surface area contributed by atoms with Crippen molar-refractivity contribution in [3.05, 3.63) is 23.5 Å². The Hall–Kier alpha value is -0.840. The third-order valence-corrected chi connectivity index (χ3v) is 3.24. The number of hydrogen-bond donors (Lipinski definition) is 2. The molecule has 1 aliphatic heterocycles. The van der Waals surface area contributed by atoms with Gasteiger partial charge in [-0.1, -0.05) is 0 Å². The van der Waals surface area contributed by atoms with Gasteiger partial charge in [-0.25, -0.2) is 0 Å². The minimum Gasteiger partial charge on any atom is -0.364 e. The topological polar surface area (TPSA) is 48.3 Å². The van der Waals surface area contributed by atoms with Crippen molar-refractivity contribution in [1.29, 1.82) is 0 Å². The summed E-state index contributed by atoms with van der Waals surface area (Å²) >= 11 is 0. The van der Waals surface area contributed by atoms with Gasteiger partial charge in [0.15, 0.2) is 0 Å². The van der Waals surface area contributed by atoms with Gasteiger partial charge in [0.05, 0.1) is 0 Å². The number of aromatic amines is 1. The molecule has 4 nitrogen and oxygen atoms in total. The van der Waals surface area contributed by atoms with Crippen LogP contribution in [0.4, 0.5) is 0 Å². The van der Waals surface area contributed by atoms with Gasteiger partial charge in [0.25, 0.3) is 0 Å². The largest absolute Gasteiger partial charge is 0.364 e. The van der Waals surface area contributed by atoms with E-state index in [1.807, 2.05) is 0 Å². The second-order valence-electron chi connectivity index (χ2n) is 4.67. The van der Waals surface area contributed by atoms with Crippen molar-refractivity contribution >= 4 is 0 Å². The van der Waals surface area contributed by atoms with Crippen LogP contribution in [0.3, 0.4) is 0 Å². The van der Waals surface area contributed by atoms with Crippen LogP contribution in [0.1, 0.15) is 17.7 Å². The van der Waals surface area contributed by atoms with Crippen molar-refractivity contribution in [2.75, 3.05) is 33.2 Å². The van der Waals surface area contributed by atoms with E-state index >= 15 is 0 Å². The smallest absolute Gasteiger partial charge is 0.0332 e. The molecule has 0 spiro atoms. The Balaban J connectivity index is 1.88. The molecule has 0 radical (unpaired) electrons. The maximum atomic E-state index is 5.59. The average Bonchev–Trinajstić information content (AvgIpc) is 2.63. The molecule has 0 saturated carbocycles. The molecule has 3 N–H and O–H groups in total. The van der Waals surface area contributed by atoms with Crippen LogP contribution in [0.2, 0.25) is 0 Å². The number of likely N-dealkylation sites (N-methyl/N-ethyl adjacent to an activating group) is 1. The molecule has 1 aliphatic rings. The second-order valence-corrected chi connectivity index (χ2v) is 4.67. The van der Waals surface area contributed by atoms with Crippen LogP contribution in [-0.4, -0.2) is 48.0 Å². The first-order valence-corrected chi connectivity index (χ1v) is 6.05. The van der Waals surface area contributed by atoms with Crippen molar-refractivity contribution < 1.29 is 0 Å². The molecular weight excluding hydrogens is 200 g/mol. The minimum absolute atomic E-state index is 0.600. The highest BCUT2D eigenvalue weighted by Crippen LogP contribution is 2.09. The lowest BCUT2D eigenvalue weighted by molar-refractivity contribution is 0.269. The van der Waals surface area contributed by atoms with Crippen LogP contribution in [0.15, 0.2) is 12.3 Å². The maximum Gasteiger partial charge on any atom is 0.0332 e. The molecular formula is C12H22N4. The van der Waals surface area contributed by atoms with Crippen LogP contribution in [0.25, 0.3) is 0 Å². The molecule has 0 aliphatic carbocycles. The molecule has 0 atom stereocenters. The van der Waals surface area contributed by atoms with Crippen LogP contribution in [0.5, 0.6) is 0 Å². The number of rotatable bonds is 3. The molecule has 0 aromatic carbocycles. The van der Waals surface area contributed by atoms with Crippen LogP contribution in [0, 0.1) is 0 Å². The van der Waals surface area contributed by atoms with E-state index in [9.17, 15) is 0 Å². The number of nitrogens with one attached hydrogen (secondary N) is 1. The van der Waals surface area contributed by atoms with E-state index in [0.717, 1.165) is 12.2 Å². The summed E-state index contributed by atoms with van der Waals surface area (Å²) in [6.45, 7) is 6.41. The number of nitrogens with two attached hydrogens (primary N) is 1. The van der Waals surface area contributed by atoms with Gasteiger partial charge in [-0.2, -0.15) is 0 Å². The lowest BCUT2D eigenvalue weighted by atomic mass is 10.2. The highest BCUT2D eigenvalue weighted by atomic mass is 15.2.